The molecule has 0 bridgehead atoms. The molecular formula is C18H32N4O4. The summed E-state index contributed by atoms with van der Waals surface area (Å²) < 4.78 is 12.3. The first-order valence-electron chi connectivity index (χ1n) is 8.86. The molecule has 0 saturated heterocycles. The molecule has 0 radical (unpaired) electrons. The SMILES string of the molecule is CC(C)(C)OC(=O)NCC(CCn1cccn1)CNC(=O)OC(C)(C)C. The van der Waals surface area contributed by atoms with Gasteiger partial charge < -0.3 is 20.1 Å². The third kappa shape index (κ3) is 10.6. The van der Waals surface area contributed by atoms with E-state index in [4.69, 9.17) is 9.47 Å². The number of rotatable bonds is 7. The van der Waals surface area contributed by atoms with Gasteiger partial charge in [-0.1, -0.05) is 0 Å². The van der Waals surface area contributed by atoms with E-state index in [9.17, 15) is 9.59 Å². The van der Waals surface area contributed by atoms with E-state index in [0.29, 0.717) is 19.6 Å². The monoisotopic (exact) mass is 368 g/mol. The van der Waals surface area contributed by atoms with Gasteiger partial charge in [-0.2, -0.15) is 5.10 Å². The van der Waals surface area contributed by atoms with Crippen LogP contribution in [0.3, 0.4) is 0 Å². The standard InChI is InChI=1S/C18H32N4O4/c1-17(2,3)25-15(23)19-12-14(8-11-22-10-7-9-21-22)13-20-16(24)26-18(4,5)6/h7,9-10,14H,8,11-13H2,1-6H3,(H,19,23)(H,20,24). The van der Waals surface area contributed by atoms with Crippen molar-refractivity contribution in [1.82, 2.24) is 20.4 Å². The average Bonchev–Trinajstić information content (AvgIpc) is 2.96. The lowest BCUT2D eigenvalue weighted by molar-refractivity contribution is 0.0506. The molecule has 1 aromatic heterocycles. The van der Waals surface area contributed by atoms with Crippen LogP contribution in [0.5, 0.6) is 0 Å². The number of carbonyl (C=O) groups is 2. The maximum Gasteiger partial charge on any atom is 0.407 e. The van der Waals surface area contributed by atoms with Crippen LogP contribution in [0.15, 0.2) is 18.5 Å². The zero-order chi connectivity index (χ0) is 19.8. The van der Waals surface area contributed by atoms with Crippen LogP contribution in [-0.2, 0) is 16.0 Å². The van der Waals surface area contributed by atoms with Crippen molar-refractivity contribution < 1.29 is 19.1 Å². The molecule has 1 aromatic rings. The van der Waals surface area contributed by atoms with E-state index in [0.717, 1.165) is 6.42 Å². The number of aromatic nitrogens is 2. The summed E-state index contributed by atoms with van der Waals surface area (Å²) in [7, 11) is 0. The first kappa shape index (κ1) is 21.8. The number of hydrogen-bond acceptors (Lipinski definition) is 5. The Balaban J connectivity index is 2.52. The lowest BCUT2D eigenvalue weighted by Gasteiger charge is -2.23. The van der Waals surface area contributed by atoms with Crippen LogP contribution >= 0.6 is 0 Å². The highest BCUT2D eigenvalue weighted by molar-refractivity contribution is 5.68. The molecule has 0 spiro atoms. The molecule has 0 atom stereocenters. The topological polar surface area (TPSA) is 94.5 Å². The fraction of sp³-hybridized carbons (Fsp3) is 0.722. The Kier molecular flexibility index (Phi) is 7.92. The van der Waals surface area contributed by atoms with Gasteiger partial charge in [-0.25, -0.2) is 9.59 Å². The third-order valence-electron chi connectivity index (χ3n) is 3.19. The van der Waals surface area contributed by atoms with E-state index in [1.807, 2.05) is 58.5 Å². The molecule has 1 rings (SSSR count). The smallest absolute Gasteiger partial charge is 0.407 e. The lowest BCUT2D eigenvalue weighted by atomic mass is 10.1. The van der Waals surface area contributed by atoms with Crippen molar-refractivity contribution in [1.29, 1.82) is 0 Å². The predicted molar refractivity (Wildman–Crippen MR) is 98.8 cm³/mol. The van der Waals surface area contributed by atoms with Gasteiger partial charge in [-0.3, -0.25) is 4.68 Å². The fourth-order valence-electron chi connectivity index (χ4n) is 2.11. The van der Waals surface area contributed by atoms with Crippen LogP contribution in [0, 0.1) is 5.92 Å². The summed E-state index contributed by atoms with van der Waals surface area (Å²) in [6.07, 6.45) is 3.37. The highest BCUT2D eigenvalue weighted by Gasteiger charge is 2.20. The van der Waals surface area contributed by atoms with Crippen molar-refractivity contribution in [3.8, 4) is 0 Å². The van der Waals surface area contributed by atoms with E-state index >= 15 is 0 Å². The average molecular weight is 368 g/mol. The highest BCUT2D eigenvalue weighted by atomic mass is 16.6. The van der Waals surface area contributed by atoms with E-state index in [-0.39, 0.29) is 5.92 Å². The van der Waals surface area contributed by atoms with Crippen LogP contribution in [-0.4, -0.2) is 46.3 Å². The lowest BCUT2D eigenvalue weighted by Crippen LogP contribution is -2.40. The van der Waals surface area contributed by atoms with Gasteiger partial charge in [0.2, 0.25) is 0 Å². The van der Waals surface area contributed by atoms with Gasteiger partial charge in [0, 0.05) is 32.0 Å². The van der Waals surface area contributed by atoms with E-state index < -0.39 is 23.4 Å². The Morgan fingerprint density at radius 3 is 1.88 bits per heavy atom. The minimum absolute atomic E-state index is 0.0132. The third-order valence-corrected chi connectivity index (χ3v) is 3.19. The molecule has 148 valence electrons. The molecule has 0 aliphatic rings. The number of amides is 2. The van der Waals surface area contributed by atoms with Crippen molar-refractivity contribution in [2.24, 2.45) is 5.92 Å². The molecule has 2 N–H and O–H groups in total. The number of nitrogens with zero attached hydrogens (tertiary/aromatic N) is 2. The molecule has 0 aliphatic carbocycles. The fourth-order valence-corrected chi connectivity index (χ4v) is 2.11. The maximum absolute atomic E-state index is 11.9. The van der Waals surface area contributed by atoms with Gasteiger partial charge in [0.15, 0.2) is 0 Å². The van der Waals surface area contributed by atoms with Gasteiger partial charge in [-0.05, 0) is 59.9 Å². The Labute approximate surface area is 155 Å². The van der Waals surface area contributed by atoms with Crippen molar-refractivity contribution in [2.75, 3.05) is 13.1 Å². The van der Waals surface area contributed by atoms with Crippen molar-refractivity contribution in [3.05, 3.63) is 18.5 Å². The molecule has 0 aliphatic heterocycles. The Morgan fingerprint density at radius 1 is 1.00 bits per heavy atom. The van der Waals surface area contributed by atoms with E-state index in [1.165, 1.54) is 0 Å². The van der Waals surface area contributed by atoms with Gasteiger partial charge in [0.25, 0.3) is 0 Å². The molecular weight excluding hydrogens is 336 g/mol. The second-order valence-corrected chi connectivity index (χ2v) is 8.19. The molecule has 0 unspecified atom stereocenters. The van der Waals surface area contributed by atoms with Gasteiger partial charge in [-0.15, -0.1) is 0 Å². The Bertz CT molecular complexity index is 527. The number of alkyl carbamates (subject to hydrolysis) is 2. The van der Waals surface area contributed by atoms with Crippen molar-refractivity contribution >= 4 is 12.2 Å². The van der Waals surface area contributed by atoms with Gasteiger partial charge in [0.1, 0.15) is 11.2 Å². The molecule has 0 saturated carbocycles. The van der Waals surface area contributed by atoms with Gasteiger partial charge in [0.05, 0.1) is 0 Å². The number of ether oxygens (including phenoxy) is 2. The highest BCUT2D eigenvalue weighted by Crippen LogP contribution is 2.09. The van der Waals surface area contributed by atoms with Gasteiger partial charge >= 0.3 is 12.2 Å². The normalized spacial score (nSPS) is 12.0. The Morgan fingerprint density at radius 2 is 1.50 bits per heavy atom. The summed E-state index contributed by atoms with van der Waals surface area (Å²) >= 11 is 0. The second-order valence-electron chi connectivity index (χ2n) is 8.19. The summed E-state index contributed by atoms with van der Waals surface area (Å²) in [4.78, 5) is 23.7. The number of carbonyl (C=O) groups excluding carboxylic acids is 2. The molecule has 26 heavy (non-hydrogen) atoms. The number of hydrogen-bond donors (Lipinski definition) is 2. The quantitative estimate of drug-likeness (QED) is 0.772. The summed E-state index contributed by atoms with van der Waals surface area (Å²) in [5, 5.41) is 9.69. The zero-order valence-corrected chi connectivity index (χ0v) is 16.7. The van der Waals surface area contributed by atoms with Crippen molar-refractivity contribution in [2.45, 2.75) is 65.7 Å². The zero-order valence-electron chi connectivity index (χ0n) is 16.7. The van der Waals surface area contributed by atoms with E-state index in [1.54, 1.807) is 6.20 Å². The number of aryl methyl sites for hydroxylation is 1. The largest absolute Gasteiger partial charge is 0.444 e. The summed E-state index contributed by atoms with van der Waals surface area (Å²) in [5.74, 6) is 0.0132. The molecule has 0 aromatic carbocycles. The van der Waals surface area contributed by atoms with Crippen LogP contribution < -0.4 is 10.6 Å². The second kappa shape index (κ2) is 9.45. The molecule has 8 heteroatoms. The first-order chi connectivity index (χ1) is 11.9. The van der Waals surface area contributed by atoms with Crippen LogP contribution in [0.1, 0.15) is 48.0 Å². The van der Waals surface area contributed by atoms with Crippen molar-refractivity contribution in [3.63, 3.8) is 0 Å². The summed E-state index contributed by atoms with van der Waals surface area (Å²) in [5.41, 5.74) is -1.10. The molecule has 2 amide bonds. The van der Waals surface area contributed by atoms with E-state index in [2.05, 4.69) is 15.7 Å². The first-order valence-corrected chi connectivity index (χ1v) is 8.86. The Hall–Kier alpha value is -2.25. The molecule has 1 heterocycles. The summed E-state index contributed by atoms with van der Waals surface area (Å²) in [6, 6.07) is 1.85. The molecule has 8 nitrogen and oxygen atoms in total. The minimum atomic E-state index is -0.552. The van der Waals surface area contributed by atoms with Crippen LogP contribution in [0.25, 0.3) is 0 Å². The van der Waals surface area contributed by atoms with Crippen LogP contribution in [0.2, 0.25) is 0 Å². The van der Waals surface area contributed by atoms with Crippen LogP contribution in [0.4, 0.5) is 9.59 Å². The number of nitrogens with one attached hydrogen (secondary N) is 2. The minimum Gasteiger partial charge on any atom is -0.444 e. The summed E-state index contributed by atoms with van der Waals surface area (Å²) in [6.45, 7) is 12.3. The maximum atomic E-state index is 11.9. The molecule has 0 fully saturated rings. The predicted octanol–water partition coefficient (Wildman–Crippen LogP) is 2.94.